The average molecular weight is 384 g/mol. The van der Waals surface area contributed by atoms with Gasteiger partial charge in [0.05, 0.1) is 17.7 Å². The first kappa shape index (κ1) is 19.1. The molecule has 0 aliphatic carbocycles. The number of carbonyl (C=O) groups excluding carboxylic acids is 2. The van der Waals surface area contributed by atoms with E-state index in [1.165, 1.54) is 0 Å². The van der Waals surface area contributed by atoms with Crippen LogP contribution >= 0.6 is 0 Å². The van der Waals surface area contributed by atoms with Crippen molar-refractivity contribution in [3.63, 3.8) is 0 Å². The van der Waals surface area contributed by atoms with Crippen LogP contribution in [0.1, 0.15) is 23.1 Å². The van der Waals surface area contributed by atoms with Gasteiger partial charge >= 0.3 is 0 Å². The maximum absolute atomic E-state index is 12.4. The Kier molecular flexibility index (Phi) is 5.26. The minimum Gasteiger partial charge on any atom is -0.356 e. The smallest absolute Gasteiger partial charge is 0.253 e. The zero-order valence-corrected chi connectivity index (χ0v) is 16.7. The van der Waals surface area contributed by atoms with Gasteiger partial charge in [-0.1, -0.05) is 60.7 Å². The number of amides is 2. The van der Waals surface area contributed by atoms with Crippen LogP contribution in [0.5, 0.6) is 0 Å². The van der Waals surface area contributed by atoms with Gasteiger partial charge in [-0.2, -0.15) is 0 Å². The molecule has 146 valence electrons. The minimum atomic E-state index is -0.289. The van der Waals surface area contributed by atoms with Gasteiger partial charge in [0.1, 0.15) is 0 Å². The molecular formula is C25H24N2O2. The molecule has 1 unspecified atom stereocenters. The third-order valence-electron chi connectivity index (χ3n) is 5.66. The topological polar surface area (TPSA) is 58.5 Å². The first-order valence-corrected chi connectivity index (χ1v) is 9.97. The largest absolute Gasteiger partial charge is 0.356 e. The van der Waals surface area contributed by atoms with E-state index in [9.17, 15) is 9.59 Å². The molecule has 1 heterocycles. The molecule has 0 fully saturated rings. The number of aryl methyl sites for hydroxylation is 1. The molecule has 1 atom stereocenters. The Labute approximate surface area is 170 Å². The molecule has 0 saturated heterocycles. The normalized spacial score (nSPS) is 15.4. The molecule has 0 spiro atoms. The zero-order valence-electron chi connectivity index (χ0n) is 16.7. The summed E-state index contributed by atoms with van der Waals surface area (Å²) in [4.78, 5) is 29.2. The number of carbonyl (C=O) groups is 2. The van der Waals surface area contributed by atoms with Gasteiger partial charge in [0.25, 0.3) is 5.91 Å². The summed E-state index contributed by atoms with van der Waals surface area (Å²) < 4.78 is 0. The lowest BCUT2D eigenvalue weighted by Crippen LogP contribution is -2.37. The van der Waals surface area contributed by atoms with Gasteiger partial charge < -0.3 is 5.32 Å². The number of hydrogen-bond donors (Lipinski definition) is 1. The van der Waals surface area contributed by atoms with Crippen LogP contribution in [-0.4, -0.2) is 18.4 Å². The second-order valence-corrected chi connectivity index (χ2v) is 7.62. The van der Waals surface area contributed by atoms with Crippen LogP contribution in [0.25, 0.3) is 16.8 Å². The lowest BCUT2D eigenvalue weighted by Gasteiger charge is -2.14. The van der Waals surface area contributed by atoms with E-state index in [2.05, 4.69) is 16.4 Å². The first-order chi connectivity index (χ1) is 14.0. The molecule has 0 radical (unpaired) electrons. The molecule has 29 heavy (non-hydrogen) atoms. The number of fused-ring (bicyclic) bond motifs is 2. The Hall–Kier alpha value is -3.27. The van der Waals surface area contributed by atoms with E-state index in [0.717, 1.165) is 38.0 Å². The van der Waals surface area contributed by atoms with Gasteiger partial charge in [-0.25, -0.2) is 4.99 Å². The first-order valence-electron chi connectivity index (χ1n) is 9.97. The highest BCUT2D eigenvalue weighted by Gasteiger charge is 2.19. The van der Waals surface area contributed by atoms with E-state index in [0.29, 0.717) is 19.4 Å². The van der Waals surface area contributed by atoms with Crippen LogP contribution in [0.15, 0.2) is 59.6 Å². The number of nitrogens with one attached hydrogen (secondary N) is 1. The quantitative estimate of drug-likeness (QED) is 0.735. The molecule has 0 aromatic heterocycles. The molecule has 1 aliphatic heterocycles. The van der Waals surface area contributed by atoms with E-state index in [4.69, 9.17) is 0 Å². The summed E-state index contributed by atoms with van der Waals surface area (Å²) in [5.74, 6) is -0.453. The van der Waals surface area contributed by atoms with Crippen molar-refractivity contribution in [1.82, 2.24) is 5.32 Å². The van der Waals surface area contributed by atoms with Gasteiger partial charge in [-0.05, 0) is 52.9 Å². The van der Waals surface area contributed by atoms with Crippen molar-refractivity contribution in [2.45, 2.75) is 26.7 Å². The minimum absolute atomic E-state index is 0.0339. The lowest BCUT2D eigenvalue weighted by molar-refractivity contribution is -0.122. The monoisotopic (exact) mass is 384 g/mol. The van der Waals surface area contributed by atoms with Gasteiger partial charge in [-0.15, -0.1) is 0 Å². The summed E-state index contributed by atoms with van der Waals surface area (Å²) in [5.41, 5.74) is 3.19. The molecule has 3 aromatic carbocycles. The van der Waals surface area contributed by atoms with Gasteiger partial charge in [-0.3, -0.25) is 9.59 Å². The van der Waals surface area contributed by atoms with Crippen LogP contribution in [0.3, 0.4) is 0 Å². The molecule has 0 bridgehead atoms. The van der Waals surface area contributed by atoms with Crippen LogP contribution in [-0.2, 0) is 16.0 Å². The number of nitrogens with zero attached hydrogens (tertiary/aromatic N) is 1. The highest BCUT2D eigenvalue weighted by molar-refractivity contribution is 5.90. The van der Waals surface area contributed by atoms with Gasteiger partial charge in [0, 0.05) is 6.54 Å². The second-order valence-electron chi connectivity index (χ2n) is 7.62. The molecule has 4 rings (SSSR count). The average Bonchev–Trinajstić information content (AvgIpc) is 2.72. The van der Waals surface area contributed by atoms with Gasteiger partial charge in [0.15, 0.2) is 0 Å². The SMILES string of the molecule is Cc1ccc2c(c1C)=NC(=O)C(CCNC(=O)Cc1cccc3ccccc13)C=2. The Morgan fingerprint density at radius 3 is 2.69 bits per heavy atom. The summed E-state index contributed by atoms with van der Waals surface area (Å²) >= 11 is 0. The van der Waals surface area contributed by atoms with Crippen LogP contribution in [0, 0.1) is 19.8 Å². The molecule has 2 amide bonds. The van der Waals surface area contributed by atoms with Crippen LogP contribution in [0.4, 0.5) is 0 Å². The van der Waals surface area contributed by atoms with E-state index >= 15 is 0 Å². The Bertz CT molecular complexity index is 1220. The number of benzene rings is 3. The van der Waals surface area contributed by atoms with E-state index in [-0.39, 0.29) is 17.7 Å². The summed E-state index contributed by atoms with van der Waals surface area (Å²) in [7, 11) is 0. The maximum atomic E-state index is 12.4. The van der Waals surface area contributed by atoms with Crippen molar-refractivity contribution in [3.05, 3.63) is 81.9 Å². The molecule has 0 saturated carbocycles. The fourth-order valence-corrected chi connectivity index (χ4v) is 3.84. The second kappa shape index (κ2) is 8.00. The Morgan fingerprint density at radius 1 is 1.03 bits per heavy atom. The van der Waals surface area contributed by atoms with Crippen molar-refractivity contribution < 1.29 is 9.59 Å². The van der Waals surface area contributed by atoms with Crippen LogP contribution in [0.2, 0.25) is 0 Å². The maximum Gasteiger partial charge on any atom is 0.253 e. The molecular weight excluding hydrogens is 360 g/mol. The molecule has 1 N–H and O–H groups in total. The number of hydrogen-bond acceptors (Lipinski definition) is 2. The predicted molar refractivity (Wildman–Crippen MR) is 115 cm³/mol. The van der Waals surface area contributed by atoms with E-state index in [1.807, 2.05) is 68.5 Å². The van der Waals surface area contributed by atoms with Crippen molar-refractivity contribution in [3.8, 4) is 0 Å². The third kappa shape index (κ3) is 3.97. The van der Waals surface area contributed by atoms with Crippen molar-refractivity contribution in [2.24, 2.45) is 10.9 Å². The van der Waals surface area contributed by atoms with Crippen molar-refractivity contribution >= 4 is 28.7 Å². The van der Waals surface area contributed by atoms with Crippen molar-refractivity contribution in [1.29, 1.82) is 0 Å². The van der Waals surface area contributed by atoms with Crippen LogP contribution < -0.4 is 15.9 Å². The van der Waals surface area contributed by atoms with Crippen molar-refractivity contribution in [2.75, 3.05) is 6.54 Å². The highest BCUT2D eigenvalue weighted by atomic mass is 16.2. The fourth-order valence-electron chi connectivity index (χ4n) is 3.84. The Balaban J connectivity index is 1.40. The fraction of sp³-hybridized carbons (Fsp3) is 0.240. The standard InChI is InChI=1S/C25H24N2O2/c1-16-10-11-20-14-21(25(29)27-24(20)17(16)2)12-13-26-23(28)15-19-8-5-7-18-6-3-4-9-22(18)19/h3-11,14,21H,12-13,15H2,1-2H3,(H,26,28). The third-order valence-corrected chi connectivity index (χ3v) is 5.66. The summed E-state index contributed by atoms with van der Waals surface area (Å²) in [6, 6.07) is 18.1. The Morgan fingerprint density at radius 2 is 1.83 bits per heavy atom. The predicted octanol–water partition coefficient (Wildman–Crippen LogP) is 2.76. The summed E-state index contributed by atoms with van der Waals surface area (Å²) in [6.45, 7) is 4.46. The summed E-state index contributed by atoms with van der Waals surface area (Å²) in [5, 5.41) is 6.97. The van der Waals surface area contributed by atoms with E-state index < -0.39 is 0 Å². The highest BCUT2D eigenvalue weighted by Crippen LogP contribution is 2.19. The summed E-state index contributed by atoms with van der Waals surface area (Å²) in [6.07, 6.45) is 2.86. The molecule has 4 heteroatoms. The lowest BCUT2D eigenvalue weighted by atomic mass is 9.97. The zero-order chi connectivity index (χ0) is 20.4. The molecule has 1 aliphatic rings. The number of rotatable bonds is 5. The van der Waals surface area contributed by atoms with E-state index in [1.54, 1.807) is 0 Å². The van der Waals surface area contributed by atoms with Gasteiger partial charge in [0.2, 0.25) is 5.91 Å². The molecule has 3 aromatic rings. The molecule has 4 nitrogen and oxygen atoms in total.